The maximum atomic E-state index is 4.77. The molecule has 0 bridgehead atoms. The molecule has 2 atom stereocenters. The average molecular weight is 282 g/mol. The summed E-state index contributed by atoms with van der Waals surface area (Å²) in [6.07, 6.45) is 1.26. The molecule has 1 aliphatic heterocycles. The Bertz CT molecular complexity index is 389. The highest BCUT2D eigenvalue weighted by molar-refractivity contribution is 7.13. The van der Waals surface area contributed by atoms with Crippen molar-refractivity contribution in [1.29, 1.82) is 0 Å². The first-order valence-corrected chi connectivity index (χ1v) is 8.19. The number of anilines is 1. The fourth-order valence-electron chi connectivity index (χ4n) is 2.72. The van der Waals surface area contributed by atoms with E-state index in [0.29, 0.717) is 12.1 Å². The minimum absolute atomic E-state index is 0.339. The highest BCUT2D eigenvalue weighted by atomic mass is 32.1. The van der Waals surface area contributed by atoms with Gasteiger partial charge in [0.2, 0.25) is 0 Å². The van der Waals surface area contributed by atoms with Gasteiger partial charge in [-0.25, -0.2) is 4.98 Å². The van der Waals surface area contributed by atoms with E-state index >= 15 is 0 Å². The first-order chi connectivity index (χ1) is 9.19. The van der Waals surface area contributed by atoms with Gasteiger partial charge >= 0.3 is 0 Å². The van der Waals surface area contributed by atoms with Gasteiger partial charge in [-0.2, -0.15) is 0 Å². The second-order valence-corrected chi connectivity index (χ2v) is 6.01. The normalized spacial score (nSPS) is 21.3. The van der Waals surface area contributed by atoms with Crippen molar-refractivity contribution in [2.75, 3.05) is 38.1 Å². The molecule has 0 aromatic carbocycles. The third kappa shape index (κ3) is 3.27. The Kier molecular flexibility index (Phi) is 5.19. The summed E-state index contributed by atoms with van der Waals surface area (Å²) in [5, 5.41) is 6.62. The number of thiazole rings is 1. The smallest absolute Gasteiger partial charge is 0.185 e. The monoisotopic (exact) mass is 282 g/mol. The fourth-order valence-corrected chi connectivity index (χ4v) is 3.68. The lowest BCUT2D eigenvalue weighted by atomic mass is 10.2. The van der Waals surface area contributed by atoms with E-state index in [9.17, 15) is 0 Å². The van der Waals surface area contributed by atoms with E-state index in [1.165, 1.54) is 11.6 Å². The fraction of sp³-hybridized carbons (Fsp3) is 0.786. The van der Waals surface area contributed by atoms with E-state index in [4.69, 9.17) is 4.98 Å². The van der Waals surface area contributed by atoms with Gasteiger partial charge < -0.3 is 10.2 Å². The number of rotatable bonds is 6. The molecule has 2 rings (SSSR count). The molecule has 2 heterocycles. The summed E-state index contributed by atoms with van der Waals surface area (Å²) in [5.74, 6) is 0. The van der Waals surface area contributed by atoms with Gasteiger partial charge in [-0.15, -0.1) is 11.3 Å². The zero-order chi connectivity index (χ0) is 13.8. The summed E-state index contributed by atoms with van der Waals surface area (Å²) in [4.78, 5) is 9.78. The summed E-state index contributed by atoms with van der Waals surface area (Å²) >= 11 is 1.78. The Labute approximate surface area is 120 Å². The highest BCUT2D eigenvalue weighted by Crippen LogP contribution is 2.28. The van der Waals surface area contributed by atoms with E-state index in [1.807, 2.05) is 7.05 Å². The van der Waals surface area contributed by atoms with Crippen molar-refractivity contribution >= 4 is 16.5 Å². The Morgan fingerprint density at radius 1 is 1.53 bits per heavy atom. The molecule has 1 aromatic heterocycles. The highest BCUT2D eigenvalue weighted by Gasteiger charge is 2.27. The van der Waals surface area contributed by atoms with E-state index in [-0.39, 0.29) is 0 Å². The Morgan fingerprint density at radius 2 is 2.26 bits per heavy atom. The number of aromatic nitrogens is 1. The van der Waals surface area contributed by atoms with Gasteiger partial charge in [-0.1, -0.05) is 13.8 Å². The SMILES string of the molecule is CCN(CC)C1CCN(c2nc(C(C)NC)cs2)C1. The average Bonchev–Trinajstić information content (AvgIpc) is 3.07. The first-order valence-electron chi connectivity index (χ1n) is 7.31. The minimum atomic E-state index is 0.339. The summed E-state index contributed by atoms with van der Waals surface area (Å²) in [6.45, 7) is 11.2. The van der Waals surface area contributed by atoms with Crippen LogP contribution in [-0.2, 0) is 0 Å². The molecule has 0 aliphatic carbocycles. The van der Waals surface area contributed by atoms with Crippen LogP contribution in [0.2, 0.25) is 0 Å². The van der Waals surface area contributed by atoms with Gasteiger partial charge in [-0.05, 0) is 33.5 Å². The third-order valence-corrected chi connectivity index (χ3v) is 5.07. The van der Waals surface area contributed by atoms with Crippen molar-refractivity contribution in [3.63, 3.8) is 0 Å². The quantitative estimate of drug-likeness (QED) is 0.868. The summed E-state index contributed by atoms with van der Waals surface area (Å²) in [6, 6.07) is 1.04. The molecule has 1 aliphatic rings. The first kappa shape index (κ1) is 14.8. The second kappa shape index (κ2) is 6.68. The minimum Gasteiger partial charge on any atom is -0.346 e. The number of likely N-dealkylation sites (N-methyl/N-ethyl adjacent to an activating group) is 1. The molecule has 1 fully saturated rings. The molecule has 0 amide bonds. The van der Waals surface area contributed by atoms with Gasteiger partial charge in [0.05, 0.1) is 5.69 Å². The van der Waals surface area contributed by atoms with Crippen LogP contribution in [0, 0.1) is 0 Å². The number of hydrogen-bond acceptors (Lipinski definition) is 5. The number of nitrogens with zero attached hydrogens (tertiary/aromatic N) is 3. The van der Waals surface area contributed by atoms with Crippen molar-refractivity contribution in [3.8, 4) is 0 Å². The van der Waals surface area contributed by atoms with E-state index in [0.717, 1.165) is 31.9 Å². The standard InChI is InChI=1S/C14H26N4S/c1-5-17(6-2)12-7-8-18(9-12)14-16-13(10-19-14)11(3)15-4/h10-12,15H,5-9H2,1-4H3. The van der Waals surface area contributed by atoms with Crippen LogP contribution in [0.4, 0.5) is 5.13 Å². The topological polar surface area (TPSA) is 31.4 Å². The van der Waals surface area contributed by atoms with Crippen molar-refractivity contribution in [2.24, 2.45) is 0 Å². The lowest BCUT2D eigenvalue weighted by molar-refractivity contribution is 0.232. The maximum absolute atomic E-state index is 4.77. The van der Waals surface area contributed by atoms with Crippen LogP contribution in [-0.4, -0.2) is 49.2 Å². The molecule has 1 saturated heterocycles. The van der Waals surface area contributed by atoms with Crippen LogP contribution in [0.5, 0.6) is 0 Å². The molecule has 0 spiro atoms. The van der Waals surface area contributed by atoms with Crippen LogP contribution in [0.15, 0.2) is 5.38 Å². The number of nitrogens with one attached hydrogen (secondary N) is 1. The molecule has 4 nitrogen and oxygen atoms in total. The number of hydrogen-bond donors (Lipinski definition) is 1. The molecular formula is C14H26N4S. The molecule has 2 unspecified atom stereocenters. The molecule has 108 valence electrons. The van der Waals surface area contributed by atoms with Gasteiger partial charge in [0.25, 0.3) is 0 Å². The van der Waals surface area contributed by atoms with Crippen molar-refractivity contribution < 1.29 is 0 Å². The van der Waals surface area contributed by atoms with Crippen LogP contribution in [0.1, 0.15) is 38.9 Å². The Hall–Kier alpha value is -0.650. The van der Waals surface area contributed by atoms with Gasteiger partial charge in [0.15, 0.2) is 5.13 Å². The van der Waals surface area contributed by atoms with Crippen molar-refractivity contribution in [2.45, 2.75) is 39.3 Å². The predicted molar refractivity (Wildman–Crippen MR) is 83.1 cm³/mol. The van der Waals surface area contributed by atoms with Crippen LogP contribution < -0.4 is 10.2 Å². The second-order valence-electron chi connectivity index (χ2n) is 5.18. The molecule has 1 N–H and O–H groups in total. The van der Waals surface area contributed by atoms with Gasteiger partial charge in [0.1, 0.15) is 0 Å². The van der Waals surface area contributed by atoms with Crippen LogP contribution in [0.25, 0.3) is 0 Å². The zero-order valence-corrected chi connectivity index (χ0v) is 13.3. The molecule has 19 heavy (non-hydrogen) atoms. The predicted octanol–water partition coefficient (Wildman–Crippen LogP) is 2.34. The van der Waals surface area contributed by atoms with E-state index in [1.54, 1.807) is 11.3 Å². The Morgan fingerprint density at radius 3 is 2.89 bits per heavy atom. The maximum Gasteiger partial charge on any atom is 0.185 e. The van der Waals surface area contributed by atoms with Crippen molar-refractivity contribution in [1.82, 2.24) is 15.2 Å². The van der Waals surface area contributed by atoms with Crippen LogP contribution >= 0.6 is 11.3 Å². The molecule has 5 heteroatoms. The summed E-state index contributed by atoms with van der Waals surface area (Å²) in [7, 11) is 1.98. The van der Waals surface area contributed by atoms with Gasteiger partial charge in [0, 0.05) is 30.6 Å². The molecule has 0 saturated carbocycles. The van der Waals surface area contributed by atoms with Gasteiger partial charge in [-0.3, -0.25) is 4.90 Å². The largest absolute Gasteiger partial charge is 0.346 e. The summed E-state index contributed by atoms with van der Waals surface area (Å²) in [5.41, 5.74) is 1.16. The lowest BCUT2D eigenvalue weighted by Crippen LogP contribution is -2.37. The third-order valence-electron chi connectivity index (χ3n) is 4.15. The van der Waals surface area contributed by atoms with Crippen molar-refractivity contribution in [3.05, 3.63) is 11.1 Å². The molecular weight excluding hydrogens is 256 g/mol. The summed E-state index contributed by atoms with van der Waals surface area (Å²) < 4.78 is 0. The zero-order valence-electron chi connectivity index (χ0n) is 12.5. The van der Waals surface area contributed by atoms with E-state index < -0.39 is 0 Å². The van der Waals surface area contributed by atoms with Crippen LogP contribution in [0.3, 0.4) is 0 Å². The van der Waals surface area contributed by atoms with E-state index in [2.05, 4.69) is 41.3 Å². The Balaban J connectivity index is 1.98. The molecule has 1 aromatic rings. The lowest BCUT2D eigenvalue weighted by Gasteiger charge is -2.25. The molecule has 0 radical (unpaired) electrons.